The molecule has 138 valence electrons. The summed E-state index contributed by atoms with van der Waals surface area (Å²) in [6.45, 7) is 1.15. The van der Waals surface area contributed by atoms with Gasteiger partial charge in [0.2, 0.25) is 0 Å². The first-order valence-corrected chi connectivity index (χ1v) is 10.0. The molecule has 1 aromatic heterocycles. The highest BCUT2D eigenvalue weighted by molar-refractivity contribution is 7.90. The molecule has 2 heterocycles. The second-order valence-corrected chi connectivity index (χ2v) is 8.15. The normalized spacial score (nSPS) is 15.7. The number of para-hydroxylation sites is 1. The van der Waals surface area contributed by atoms with E-state index in [9.17, 15) is 18.5 Å². The maximum Gasteiger partial charge on any atom is 0.311 e. The quantitative estimate of drug-likeness (QED) is 0.620. The van der Waals surface area contributed by atoms with Crippen LogP contribution in [-0.2, 0) is 9.84 Å². The molecule has 1 fully saturated rings. The highest BCUT2D eigenvalue weighted by Gasteiger charge is 2.30. The molecule has 1 saturated heterocycles. The van der Waals surface area contributed by atoms with E-state index in [1.165, 1.54) is 6.07 Å². The molecule has 0 radical (unpaired) electrons. The van der Waals surface area contributed by atoms with Crippen molar-refractivity contribution in [2.24, 2.45) is 0 Å². The summed E-state index contributed by atoms with van der Waals surface area (Å²) < 4.78 is 23.8. The van der Waals surface area contributed by atoms with Crippen LogP contribution >= 0.6 is 0 Å². The Morgan fingerprint density at radius 1 is 1.23 bits per heavy atom. The average molecular weight is 377 g/mol. The zero-order chi connectivity index (χ0) is 18.7. The van der Waals surface area contributed by atoms with Crippen molar-refractivity contribution in [2.45, 2.75) is 23.8 Å². The van der Waals surface area contributed by atoms with E-state index >= 15 is 0 Å². The maximum atomic E-state index is 11.9. The van der Waals surface area contributed by atoms with E-state index in [1.807, 2.05) is 11.0 Å². The van der Waals surface area contributed by atoms with Gasteiger partial charge in [-0.1, -0.05) is 6.07 Å². The molecule has 0 amide bonds. The van der Waals surface area contributed by atoms with Crippen LogP contribution in [0.5, 0.6) is 0 Å². The van der Waals surface area contributed by atoms with Crippen molar-refractivity contribution in [3.8, 4) is 0 Å². The number of nitro groups is 1. The Morgan fingerprint density at radius 2 is 1.96 bits per heavy atom. The molecule has 2 aromatic rings. The van der Waals surface area contributed by atoms with Crippen molar-refractivity contribution in [3.63, 3.8) is 0 Å². The minimum atomic E-state index is -3.69. The number of piperidine rings is 1. The second-order valence-electron chi connectivity index (χ2n) is 6.17. The fraction of sp³-hybridized carbons (Fsp3) is 0.375. The number of hydrogen-bond acceptors (Lipinski definition) is 8. The lowest BCUT2D eigenvalue weighted by Crippen LogP contribution is -2.39. The lowest BCUT2D eigenvalue weighted by molar-refractivity contribution is -0.387. The molecule has 1 aliphatic rings. The summed E-state index contributed by atoms with van der Waals surface area (Å²) in [7, 11) is -3.69. The summed E-state index contributed by atoms with van der Waals surface area (Å²) in [5, 5.41) is 22.6. The van der Waals surface area contributed by atoms with Crippen LogP contribution in [0.4, 0.5) is 17.2 Å². The Balaban J connectivity index is 1.78. The van der Waals surface area contributed by atoms with Crippen molar-refractivity contribution in [1.29, 1.82) is 0 Å². The summed E-state index contributed by atoms with van der Waals surface area (Å²) in [6, 6.07) is 8.23. The van der Waals surface area contributed by atoms with Gasteiger partial charge in [-0.2, -0.15) is 5.10 Å². The summed E-state index contributed by atoms with van der Waals surface area (Å²) >= 11 is 0. The number of aromatic nitrogens is 2. The minimum Gasteiger partial charge on any atom is -0.366 e. The third-order valence-electron chi connectivity index (χ3n) is 4.32. The molecule has 9 nitrogen and oxygen atoms in total. The highest BCUT2D eigenvalue weighted by Crippen LogP contribution is 2.36. The van der Waals surface area contributed by atoms with Crippen molar-refractivity contribution < 1.29 is 13.3 Å². The van der Waals surface area contributed by atoms with Crippen LogP contribution < -0.4 is 10.2 Å². The fourth-order valence-electron chi connectivity index (χ4n) is 3.10. The van der Waals surface area contributed by atoms with Gasteiger partial charge < -0.3 is 10.2 Å². The van der Waals surface area contributed by atoms with Crippen LogP contribution in [0.2, 0.25) is 0 Å². The van der Waals surface area contributed by atoms with Gasteiger partial charge in [-0.3, -0.25) is 10.1 Å². The van der Waals surface area contributed by atoms with Crippen LogP contribution in [0.15, 0.2) is 41.4 Å². The molecule has 0 bridgehead atoms. The Bertz CT molecular complexity index is 896. The first-order chi connectivity index (χ1) is 12.4. The largest absolute Gasteiger partial charge is 0.366 e. The number of nitrogens with one attached hydrogen (secondary N) is 1. The SMILES string of the molecule is CS(=O)(=O)c1cccc(N2CCC(Nc3cccnn3)CC2)c1[N+](=O)[O-]. The molecule has 0 unspecified atom stereocenters. The van der Waals surface area contributed by atoms with Gasteiger partial charge in [0.15, 0.2) is 9.84 Å². The van der Waals surface area contributed by atoms with Gasteiger partial charge >= 0.3 is 5.69 Å². The molecule has 26 heavy (non-hydrogen) atoms. The number of nitro benzene ring substituents is 1. The molecule has 0 saturated carbocycles. The summed E-state index contributed by atoms with van der Waals surface area (Å²) in [5.74, 6) is 0.691. The van der Waals surface area contributed by atoms with Gasteiger partial charge in [0, 0.05) is 31.6 Å². The molecule has 0 aliphatic carbocycles. The second kappa shape index (κ2) is 7.24. The monoisotopic (exact) mass is 377 g/mol. The number of anilines is 2. The van der Waals surface area contributed by atoms with E-state index < -0.39 is 14.8 Å². The predicted molar refractivity (Wildman–Crippen MR) is 97.1 cm³/mol. The fourth-order valence-corrected chi connectivity index (χ4v) is 3.96. The molecule has 0 spiro atoms. The first-order valence-electron chi connectivity index (χ1n) is 8.13. The molecule has 0 atom stereocenters. The number of sulfone groups is 1. The summed E-state index contributed by atoms with van der Waals surface area (Å²) in [6.07, 6.45) is 4.07. The van der Waals surface area contributed by atoms with Crippen LogP contribution in [0.3, 0.4) is 0 Å². The van der Waals surface area contributed by atoms with Crippen LogP contribution in [0.25, 0.3) is 0 Å². The molecule has 10 heteroatoms. The Morgan fingerprint density at radius 3 is 2.54 bits per heavy atom. The summed E-state index contributed by atoms with van der Waals surface area (Å²) in [4.78, 5) is 12.5. The highest BCUT2D eigenvalue weighted by atomic mass is 32.2. The predicted octanol–water partition coefficient (Wildman–Crippen LogP) is 1.87. The molecular formula is C16H19N5O4S. The Labute approximate surface area is 151 Å². The van der Waals surface area contributed by atoms with E-state index in [-0.39, 0.29) is 16.6 Å². The lowest BCUT2D eigenvalue weighted by Gasteiger charge is -2.33. The Hall–Kier alpha value is -2.75. The van der Waals surface area contributed by atoms with Crippen molar-refractivity contribution in [3.05, 3.63) is 46.6 Å². The van der Waals surface area contributed by atoms with Crippen molar-refractivity contribution >= 4 is 27.0 Å². The van der Waals surface area contributed by atoms with Crippen LogP contribution in [0, 0.1) is 10.1 Å². The van der Waals surface area contributed by atoms with Gasteiger partial charge in [-0.05, 0) is 37.1 Å². The molecule has 1 N–H and O–H groups in total. The number of rotatable bonds is 5. The van der Waals surface area contributed by atoms with E-state index in [0.717, 1.165) is 19.1 Å². The zero-order valence-corrected chi connectivity index (χ0v) is 15.0. The number of benzene rings is 1. The first kappa shape index (κ1) is 18.1. The van der Waals surface area contributed by atoms with Gasteiger partial charge in [0.1, 0.15) is 16.4 Å². The lowest BCUT2D eigenvalue weighted by atomic mass is 10.0. The smallest absolute Gasteiger partial charge is 0.311 e. The summed E-state index contributed by atoms with van der Waals surface area (Å²) in [5.41, 5.74) is -0.00814. The topological polar surface area (TPSA) is 118 Å². The molecule has 3 rings (SSSR count). The van der Waals surface area contributed by atoms with Crippen molar-refractivity contribution in [1.82, 2.24) is 10.2 Å². The number of hydrogen-bond donors (Lipinski definition) is 1. The average Bonchev–Trinajstić information content (AvgIpc) is 2.62. The zero-order valence-electron chi connectivity index (χ0n) is 14.2. The third-order valence-corrected chi connectivity index (χ3v) is 5.45. The molecule has 1 aromatic carbocycles. The number of nitrogens with zero attached hydrogens (tertiary/aromatic N) is 4. The Kier molecular flexibility index (Phi) is 5.03. The van der Waals surface area contributed by atoms with Crippen LogP contribution in [-0.4, -0.2) is 48.9 Å². The molecular weight excluding hydrogens is 358 g/mol. The van der Waals surface area contributed by atoms with Gasteiger partial charge in [-0.15, -0.1) is 5.10 Å². The standard InChI is InChI=1S/C16H19N5O4S/c1-26(24,25)14-5-2-4-13(16(14)21(22)23)20-10-7-12(8-11-20)18-15-6-3-9-17-19-15/h2-6,9,12H,7-8,10-11H2,1H3,(H,18,19). The van der Waals surface area contributed by atoms with Crippen LogP contribution in [0.1, 0.15) is 12.8 Å². The van der Waals surface area contributed by atoms with E-state index in [2.05, 4.69) is 15.5 Å². The third kappa shape index (κ3) is 3.90. The van der Waals surface area contributed by atoms with Gasteiger partial charge in [0.25, 0.3) is 0 Å². The minimum absolute atomic E-state index is 0.181. The van der Waals surface area contributed by atoms with Crippen molar-refractivity contribution in [2.75, 3.05) is 29.6 Å². The van der Waals surface area contributed by atoms with Gasteiger partial charge in [0.05, 0.1) is 4.92 Å². The maximum absolute atomic E-state index is 11.9. The molecule has 1 aliphatic heterocycles. The van der Waals surface area contributed by atoms with Gasteiger partial charge in [-0.25, -0.2) is 8.42 Å². The van der Waals surface area contributed by atoms with E-state index in [1.54, 1.807) is 24.4 Å². The van der Waals surface area contributed by atoms with E-state index in [0.29, 0.717) is 24.6 Å². The van der Waals surface area contributed by atoms with E-state index in [4.69, 9.17) is 0 Å².